The quantitative estimate of drug-likeness (QED) is 0.919. The fraction of sp³-hybridized carbons (Fsp3) is 0.312. The standard InChI is InChI=1S/C16H16BrNO3/c1-10(14-6-7-15(17)21-14)18-9-12-5-3-2-4-11(12)8-13(18)16(19)20/h2-7,10,13H,8-9H2,1H3,(H,19,20). The third-order valence-electron chi connectivity index (χ3n) is 4.07. The number of aliphatic carboxylic acids is 1. The van der Waals surface area contributed by atoms with Gasteiger partial charge in [0.05, 0.1) is 6.04 Å². The maximum absolute atomic E-state index is 11.6. The van der Waals surface area contributed by atoms with Crippen LogP contribution in [0.15, 0.2) is 45.5 Å². The fourth-order valence-electron chi connectivity index (χ4n) is 2.90. The number of furan rings is 1. The molecule has 0 spiro atoms. The number of hydrogen-bond acceptors (Lipinski definition) is 3. The van der Waals surface area contributed by atoms with Gasteiger partial charge >= 0.3 is 5.97 Å². The number of carboxylic acids is 1. The first kappa shape index (κ1) is 14.4. The molecule has 0 saturated carbocycles. The molecule has 0 bridgehead atoms. The van der Waals surface area contributed by atoms with Crippen molar-refractivity contribution in [1.82, 2.24) is 4.90 Å². The van der Waals surface area contributed by atoms with E-state index in [1.807, 2.05) is 42.2 Å². The second-order valence-electron chi connectivity index (χ2n) is 5.32. The Kier molecular flexibility index (Phi) is 3.87. The van der Waals surface area contributed by atoms with Crippen LogP contribution in [0.2, 0.25) is 0 Å². The van der Waals surface area contributed by atoms with Crippen molar-refractivity contribution in [2.24, 2.45) is 0 Å². The maximum atomic E-state index is 11.6. The number of halogens is 1. The SMILES string of the molecule is CC(c1ccc(Br)o1)N1Cc2ccccc2CC1C(=O)O. The summed E-state index contributed by atoms with van der Waals surface area (Å²) in [7, 11) is 0. The van der Waals surface area contributed by atoms with Crippen LogP contribution in [0.1, 0.15) is 29.9 Å². The van der Waals surface area contributed by atoms with Crippen molar-refractivity contribution in [3.8, 4) is 0 Å². The van der Waals surface area contributed by atoms with E-state index in [2.05, 4.69) is 22.0 Å². The molecule has 0 amide bonds. The lowest BCUT2D eigenvalue weighted by Crippen LogP contribution is -2.46. The number of hydrogen-bond donors (Lipinski definition) is 1. The Morgan fingerprint density at radius 3 is 2.67 bits per heavy atom. The minimum Gasteiger partial charge on any atom is -0.480 e. The van der Waals surface area contributed by atoms with E-state index < -0.39 is 12.0 Å². The lowest BCUT2D eigenvalue weighted by molar-refractivity contribution is -0.145. The molecule has 3 rings (SSSR count). The molecule has 0 saturated heterocycles. The van der Waals surface area contributed by atoms with Crippen LogP contribution < -0.4 is 0 Å². The molecule has 21 heavy (non-hydrogen) atoms. The number of carboxylic acid groups (broad SMARTS) is 1. The average Bonchev–Trinajstić information content (AvgIpc) is 2.91. The van der Waals surface area contributed by atoms with E-state index in [9.17, 15) is 9.90 Å². The minimum atomic E-state index is -0.790. The van der Waals surface area contributed by atoms with Crippen LogP contribution >= 0.6 is 15.9 Å². The molecule has 2 unspecified atom stereocenters. The predicted molar refractivity (Wildman–Crippen MR) is 81.9 cm³/mol. The molecule has 0 fully saturated rings. The lowest BCUT2D eigenvalue weighted by atomic mass is 9.92. The molecule has 1 aliphatic heterocycles. The summed E-state index contributed by atoms with van der Waals surface area (Å²) < 4.78 is 6.26. The molecule has 2 aromatic rings. The van der Waals surface area contributed by atoms with Crippen LogP contribution in [-0.4, -0.2) is 22.0 Å². The Morgan fingerprint density at radius 1 is 1.33 bits per heavy atom. The summed E-state index contributed by atoms with van der Waals surface area (Å²) in [6, 6.07) is 11.1. The monoisotopic (exact) mass is 349 g/mol. The Balaban J connectivity index is 1.94. The zero-order valence-electron chi connectivity index (χ0n) is 11.6. The largest absolute Gasteiger partial charge is 0.480 e. The first-order valence-corrected chi connectivity index (χ1v) is 7.66. The van der Waals surface area contributed by atoms with Crippen molar-refractivity contribution in [2.75, 3.05) is 0 Å². The second-order valence-corrected chi connectivity index (χ2v) is 6.10. The van der Waals surface area contributed by atoms with Gasteiger partial charge in [0.15, 0.2) is 4.67 Å². The molecule has 4 nitrogen and oxygen atoms in total. The van der Waals surface area contributed by atoms with Crippen LogP contribution in [0.3, 0.4) is 0 Å². The van der Waals surface area contributed by atoms with Crippen LogP contribution in [-0.2, 0) is 17.8 Å². The van der Waals surface area contributed by atoms with Crippen molar-refractivity contribution in [2.45, 2.75) is 32.0 Å². The van der Waals surface area contributed by atoms with Gasteiger partial charge in [-0.15, -0.1) is 0 Å². The highest BCUT2D eigenvalue weighted by atomic mass is 79.9. The van der Waals surface area contributed by atoms with Gasteiger partial charge in [-0.3, -0.25) is 9.69 Å². The fourth-order valence-corrected chi connectivity index (χ4v) is 3.21. The Hall–Kier alpha value is -1.59. The van der Waals surface area contributed by atoms with Crippen LogP contribution in [0.5, 0.6) is 0 Å². The van der Waals surface area contributed by atoms with Gasteiger partial charge in [-0.2, -0.15) is 0 Å². The molecular weight excluding hydrogens is 334 g/mol. The van der Waals surface area contributed by atoms with Gasteiger partial charge in [0.25, 0.3) is 0 Å². The number of nitrogens with zero attached hydrogens (tertiary/aromatic N) is 1. The maximum Gasteiger partial charge on any atom is 0.321 e. The first-order valence-electron chi connectivity index (χ1n) is 6.87. The lowest BCUT2D eigenvalue weighted by Gasteiger charge is -2.37. The highest BCUT2D eigenvalue weighted by Gasteiger charge is 2.35. The van der Waals surface area contributed by atoms with Crippen molar-refractivity contribution < 1.29 is 14.3 Å². The van der Waals surface area contributed by atoms with Crippen LogP contribution in [0.25, 0.3) is 0 Å². The molecule has 1 N–H and O–H groups in total. The Morgan fingerprint density at radius 2 is 2.05 bits per heavy atom. The van der Waals surface area contributed by atoms with Gasteiger partial charge in [-0.1, -0.05) is 24.3 Å². The summed E-state index contributed by atoms with van der Waals surface area (Å²) in [6.45, 7) is 2.60. The molecule has 1 aliphatic rings. The van der Waals surface area contributed by atoms with Crippen molar-refractivity contribution in [3.63, 3.8) is 0 Å². The van der Waals surface area contributed by atoms with E-state index in [1.165, 1.54) is 5.56 Å². The van der Waals surface area contributed by atoms with E-state index in [4.69, 9.17) is 4.42 Å². The number of fused-ring (bicyclic) bond motifs is 1. The zero-order valence-corrected chi connectivity index (χ0v) is 13.2. The molecule has 1 aromatic carbocycles. The summed E-state index contributed by atoms with van der Waals surface area (Å²) >= 11 is 3.29. The van der Waals surface area contributed by atoms with Crippen LogP contribution in [0, 0.1) is 0 Å². The van der Waals surface area contributed by atoms with Crippen molar-refractivity contribution >= 4 is 21.9 Å². The summed E-state index contributed by atoms with van der Waals surface area (Å²) in [5.74, 6) is -0.0190. The molecular formula is C16H16BrNO3. The second kappa shape index (κ2) is 5.66. The normalized spacial score (nSPS) is 20.0. The Bertz CT molecular complexity index is 667. The van der Waals surface area contributed by atoms with Gasteiger partial charge in [-0.25, -0.2) is 0 Å². The third-order valence-corrected chi connectivity index (χ3v) is 4.50. The molecule has 5 heteroatoms. The third kappa shape index (κ3) is 2.76. The summed E-state index contributed by atoms with van der Waals surface area (Å²) in [6.07, 6.45) is 0.526. The molecule has 110 valence electrons. The van der Waals surface area contributed by atoms with Gasteiger partial charge < -0.3 is 9.52 Å². The average molecular weight is 350 g/mol. The first-order chi connectivity index (χ1) is 10.1. The minimum absolute atomic E-state index is 0.0919. The molecule has 0 radical (unpaired) electrons. The summed E-state index contributed by atoms with van der Waals surface area (Å²) in [5.41, 5.74) is 2.31. The van der Waals surface area contributed by atoms with Crippen molar-refractivity contribution in [3.05, 3.63) is 58.0 Å². The Labute approximate surface area is 131 Å². The number of rotatable bonds is 3. The van der Waals surface area contributed by atoms with Gasteiger partial charge in [0.2, 0.25) is 0 Å². The number of carbonyl (C=O) groups is 1. The molecule has 0 aliphatic carbocycles. The van der Waals surface area contributed by atoms with Gasteiger partial charge in [0, 0.05) is 6.54 Å². The predicted octanol–water partition coefficient (Wildman–Crippen LogP) is 3.61. The molecule has 2 atom stereocenters. The summed E-state index contributed by atoms with van der Waals surface area (Å²) in [5, 5.41) is 9.55. The number of benzene rings is 1. The van der Waals surface area contributed by atoms with E-state index >= 15 is 0 Å². The van der Waals surface area contributed by atoms with Gasteiger partial charge in [0.1, 0.15) is 11.8 Å². The molecule has 2 heterocycles. The van der Waals surface area contributed by atoms with E-state index in [1.54, 1.807) is 0 Å². The van der Waals surface area contributed by atoms with Gasteiger partial charge in [-0.05, 0) is 52.5 Å². The van der Waals surface area contributed by atoms with E-state index in [-0.39, 0.29) is 6.04 Å². The zero-order chi connectivity index (χ0) is 15.0. The highest BCUT2D eigenvalue weighted by molar-refractivity contribution is 9.10. The smallest absolute Gasteiger partial charge is 0.321 e. The summed E-state index contributed by atoms with van der Waals surface area (Å²) in [4.78, 5) is 13.6. The van der Waals surface area contributed by atoms with E-state index in [0.29, 0.717) is 17.6 Å². The van der Waals surface area contributed by atoms with E-state index in [0.717, 1.165) is 11.3 Å². The molecule has 1 aromatic heterocycles. The highest BCUT2D eigenvalue weighted by Crippen LogP contribution is 2.32. The van der Waals surface area contributed by atoms with Crippen molar-refractivity contribution in [1.29, 1.82) is 0 Å². The van der Waals surface area contributed by atoms with Crippen LogP contribution in [0.4, 0.5) is 0 Å². The topological polar surface area (TPSA) is 53.7 Å².